The number of aryl methyl sites for hydroxylation is 1. The van der Waals surface area contributed by atoms with Gasteiger partial charge in [-0.25, -0.2) is 0 Å². The van der Waals surface area contributed by atoms with Crippen LogP contribution in [0.3, 0.4) is 0 Å². The molecule has 0 spiro atoms. The molecule has 2 atom stereocenters. The van der Waals surface area contributed by atoms with E-state index in [1.165, 1.54) is 0 Å². The van der Waals surface area contributed by atoms with Gasteiger partial charge in [0.2, 0.25) is 0 Å². The zero-order valence-electron chi connectivity index (χ0n) is 11.8. The average Bonchev–Trinajstić information content (AvgIpc) is 2.47. The standard InChI is InChI=1S/C16H18O2S2/c1-13-9-11-15(12-10-13)20(18)16(2,3)19(17)14-7-5-4-6-8-14/h4-12H,1-3H3. The van der Waals surface area contributed by atoms with Crippen molar-refractivity contribution < 1.29 is 8.42 Å². The number of hydrogen-bond donors (Lipinski definition) is 0. The van der Waals surface area contributed by atoms with Crippen molar-refractivity contribution in [3.05, 3.63) is 60.2 Å². The van der Waals surface area contributed by atoms with E-state index in [0.29, 0.717) is 9.79 Å². The van der Waals surface area contributed by atoms with Crippen LogP contribution in [0.25, 0.3) is 0 Å². The first-order valence-corrected chi connectivity index (χ1v) is 8.68. The highest BCUT2D eigenvalue weighted by atomic mass is 32.2. The highest BCUT2D eigenvalue weighted by Gasteiger charge is 2.34. The van der Waals surface area contributed by atoms with Gasteiger partial charge in [0.25, 0.3) is 0 Å². The van der Waals surface area contributed by atoms with Gasteiger partial charge in [0.1, 0.15) is 4.08 Å². The Balaban J connectivity index is 2.32. The molecule has 2 aromatic carbocycles. The maximum atomic E-state index is 12.7. The number of rotatable bonds is 4. The summed E-state index contributed by atoms with van der Waals surface area (Å²) in [5.74, 6) is 0. The van der Waals surface area contributed by atoms with Crippen molar-refractivity contribution in [3.63, 3.8) is 0 Å². The maximum Gasteiger partial charge on any atom is 0.124 e. The first-order valence-electron chi connectivity index (χ1n) is 6.38. The van der Waals surface area contributed by atoms with E-state index in [4.69, 9.17) is 0 Å². The third-order valence-corrected chi connectivity index (χ3v) is 7.18. The van der Waals surface area contributed by atoms with Crippen LogP contribution in [0.2, 0.25) is 0 Å². The van der Waals surface area contributed by atoms with E-state index in [0.717, 1.165) is 5.56 Å². The Kier molecular flexibility index (Phi) is 4.55. The molecule has 20 heavy (non-hydrogen) atoms. The lowest BCUT2D eigenvalue weighted by Gasteiger charge is -2.23. The lowest BCUT2D eigenvalue weighted by atomic mass is 10.2. The Morgan fingerprint density at radius 1 is 0.750 bits per heavy atom. The second-order valence-electron chi connectivity index (χ2n) is 5.06. The maximum absolute atomic E-state index is 12.7. The van der Waals surface area contributed by atoms with Crippen LogP contribution in [0, 0.1) is 6.92 Å². The summed E-state index contributed by atoms with van der Waals surface area (Å²) in [5, 5.41) is 0. The van der Waals surface area contributed by atoms with Crippen molar-refractivity contribution in [2.45, 2.75) is 34.6 Å². The molecule has 0 saturated heterocycles. The van der Waals surface area contributed by atoms with E-state index in [9.17, 15) is 8.42 Å². The molecule has 2 nitrogen and oxygen atoms in total. The summed E-state index contributed by atoms with van der Waals surface area (Å²) < 4.78 is 24.5. The Hall–Kier alpha value is -1.26. The Bertz CT molecular complexity index is 631. The first kappa shape index (κ1) is 15.1. The van der Waals surface area contributed by atoms with Crippen LogP contribution in [0.15, 0.2) is 64.4 Å². The minimum absolute atomic E-state index is 0.706. The summed E-state index contributed by atoms with van der Waals surface area (Å²) in [4.78, 5) is 1.42. The van der Waals surface area contributed by atoms with Gasteiger partial charge in [-0.15, -0.1) is 0 Å². The molecule has 0 heterocycles. The zero-order valence-corrected chi connectivity index (χ0v) is 13.5. The molecule has 2 aromatic rings. The van der Waals surface area contributed by atoms with Crippen LogP contribution in [0.1, 0.15) is 19.4 Å². The van der Waals surface area contributed by atoms with E-state index in [-0.39, 0.29) is 0 Å². The molecule has 0 aliphatic carbocycles. The van der Waals surface area contributed by atoms with Crippen molar-refractivity contribution in [2.75, 3.05) is 0 Å². The fourth-order valence-corrected chi connectivity index (χ4v) is 4.89. The van der Waals surface area contributed by atoms with E-state index in [1.54, 1.807) is 13.8 Å². The van der Waals surface area contributed by atoms with Gasteiger partial charge in [-0.05, 0) is 45.0 Å². The largest absolute Gasteiger partial charge is 0.253 e. The van der Waals surface area contributed by atoms with Gasteiger partial charge in [0.05, 0.1) is 21.6 Å². The molecule has 0 aliphatic rings. The summed E-state index contributed by atoms with van der Waals surface area (Å²) in [6.45, 7) is 5.55. The number of benzene rings is 2. The molecule has 2 unspecified atom stereocenters. The molecule has 0 N–H and O–H groups in total. The van der Waals surface area contributed by atoms with E-state index >= 15 is 0 Å². The molecule has 0 radical (unpaired) electrons. The van der Waals surface area contributed by atoms with Crippen molar-refractivity contribution >= 4 is 21.6 Å². The highest BCUT2D eigenvalue weighted by molar-refractivity contribution is 8.04. The fraction of sp³-hybridized carbons (Fsp3) is 0.250. The van der Waals surface area contributed by atoms with Gasteiger partial charge in [0, 0.05) is 9.79 Å². The van der Waals surface area contributed by atoms with Crippen LogP contribution < -0.4 is 0 Å². The molecule has 0 aliphatic heterocycles. The minimum atomic E-state index is -1.33. The van der Waals surface area contributed by atoms with Crippen molar-refractivity contribution in [3.8, 4) is 0 Å². The average molecular weight is 306 g/mol. The Labute approximate surface area is 125 Å². The molecule has 0 saturated carbocycles. The zero-order chi connectivity index (χ0) is 14.8. The van der Waals surface area contributed by atoms with Crippen molar-refractivity contribution in [1.82, 2.24) is 0 Å². The van der Waals surface area contributed by atoms with Gasteiger partial charge in [-0.1, -0.05) is 35.9 Å². The quantitative estimate of drug-likeness (QED) is 0.864. The van der Waals surface area contributed by atoms with Gasteiger partial charge in [-0.3, -0.25) is 8.42 Å². The SMILES string of the molecule is Cc1ccc(S(=O)C(C)(C)S(=O)c2ccccc2)cc1. The molecule has 0 amide bonds. The van der Waals surface area contributed by atoms with Crippen LogP contribution in [-0.2, 0) is 21.6 Å². The summed E-state index contributed by atoms with van der Waals surface area (Å²) in [7, 11) is -2.66. The minimum Gasteiger partial charge on any atom is -0.253 e. The van der Waals surface area contributed by atoms with Crippen LogP contribution >= 0.6 is 0 Å². The molecule has 2 rings (SSSR count). The molecule has 106 valence electrons. The smallest absolute Gasteiger partial charge is 0.124 e. The van der Waals surface area contributed by atoms with Gasteiger partial charge in [0.15, 0.2) is 0 Å². The van der Waals surface area contributed by atoms with Crippen LogP contribution in [0.5, 0.6) is 0 Å². The summed E-state index contributed by atoms with van der Waals surface area (Å²) in [6.07, 6.45) is 0. The molecule has 4 heteroatoms. The lowest BCUT2D eigenvalue weighted by Crippen LogP contribution is -2.32. The molecular formula is C16H18O2S2. The normalized spacial score (nSPS) is 14.8. The molecule has 0 fully saturated rings. The lowest BCUT2D eigenvalue weighted by molar-refractivity contribution is 0.654. The topological polar surface area (TPSA) is 34.1 Å². The fourth-order valence-electron chi connectivity index (χ4n) is 1.84. The van der Waals surface area contributed by atoms with Crippen LogP contribution in [0.4, 0.5) is 0 Å². The van der Waals surface area contributed by atoms with Gasteiger partial charge in [-0.2, -0.15) is 0 Å². The van der Waals surface area contributed by atoms with E-state index in [2.05, 4.69) is 0 Å². The third kappa shape index (κ3) is 3.07. The third-order valence-electron chi connectivity index (χ3n) is 3.09. The monoisotopic (exact) mass is 306 g/mol. The second-order valence-corrected chi connectivity index (χ2v) is 9.38. The summed E-state index contributed by atoms with van der Waals surface area (Å²) in [6, 6.07) is 16.7. The van der Waals surface area contributed by atoms with Crippen LogP contribution in [-0.4, -0.2) is 12.5 Å². The predicted octanol–water partition coefficient (Wildman–Crippen LogP) is 3.65. The summed E-state index contributed by atoms with van der Waals surface area (Å²) in [5.41, 5.74) is 1.12. The van der Waals surface area contributed by atoms with Crippen molar-refractivity contribution in [2.24, 2.45) is 0 Å². The molecular weight excluding hydrogens is 288 g/mol. The van der Waals surface area contributed by atoms with Gasteiger partial charge >= 0.3 is 0 Å². The molecule has 0 bridgehead atoms. The van der Waals surface area contributed by atoms with Crippen molar-refractivity contribution in [1.29, 1.82) is 0 Å². The Morgan fingerprint density at radius 2 is 1.20 bits per heavy atom. The first-order chi connectivity index (χ1) is 9.43. The van der Waals surface area contributed by atoms with Gasteiger partial charge < -0.3 is 0 Å². The number of hydrogen-bond acceptors (Lipinski definition) is 2. The summed E-state index contributed by atoms with van der Waals surface area (Å²) >= 11 is 0. The van der Waals surface area contributed by atoms with E-state index < -0.39 is 25.7 Å². The predicted molar refractivity (Wildman–Crippen MR) is 84.5 cm³/mol. The molecule has 0 aromatic heterocycles. The highest BCUT2D eigenvalue weighted by Crippen LogP contribution is 2.28. The van der Waals surface area contributed by atoms with E-state index in [1.807, 2.05) is 61.5 Å². The Morgan fingerprint density at radius 3 is 1.70 bits per heavy atom. The second kappa shape index (κ2) is 6.02.